The lowest BCUT2D eigenvalue weighted by atomic mass is 10.2. The van der Waals surface area contributed by atoms with E-state index in [0.29, 0.717) is 6.42 Å². The molecule has 0 unspecified atom stereocenters. The summed E-state index contributed by atoms with van der Waals surface area (Å²) in [6.07, 6.45) is 2.59. The van der Waals surface area contributed by atoms with E-state index in [0.717, 1.165) is 23.4 Å². The first kappa shape index (κ1) is 22.0. The molecule has 146 valence electrons. The Morgan fingerprint density at radius 1 is 1.11 bits per heavy atom. The molecule has 0 aliphatic carbocycles. The molecular weight excluding hydrogens is 479 g/mol. The molecule has 5 nitrogen and oxygen atoms in total. The zero-order valence-corrected chi connectivity index (χ0v) is 18.3. The van der Waals surface area contributed by atoms with Gasteiger partial charge in [0.25, 0.3) is 0 Å². The van der Waals surface area contributed by atoms with Crippen molar-refractivity contribution in [3.8, 4) is 11.5 Å². The Kier molecular flexibility index (Phi) is 7.97. The van der Waals surface area contributed by atoms with Crippen LogP contribution in [-0.2, 0) is 14.9 Å². The number of unbranched alkanes of at least 4 members (excludes halogenated alkanes) is 2. The molecule has 0 radical (unpaired) electrons. The number of hydrogen-bond acceptors (Lipinski definition) is 5. The normalized spacial score (nSPS) is 11.3. The predicted molar refractivity (Wildman–Crippen MR) is 108 cm³/mol. The Morgan fingerprint density at radius 3 is 2.41 bits per heavy atom. The average Bonchev–Trinajstić information content (AvgIpc) is 2.59. The molecule has 0 fully saturated rings. The molecule has 27 heavy (non-hydrogen) atoms. The van der Waals surface area contributed by atoms with Gasteiger partial charge < -0.3 is 8.92 Å². The van der Waals surface area contributed by atoms with Gasteiger partial charge in [0.05, 0.1) is 5.02 Å². The first-order valence-corrected chi connectivity index (χ1v) is 11.1. The topological polar surface area (TPSA) is 69.7 Å². The second kappa shape index (κ2) is 9.78. The fraction of sp³-hybridized carbons (Fsp3) is 0.278. The van der Waals surface area contributed by atoms with Crippen LogP contribution in [0.3, 0.4) is 0 Å². The maximum absolute atomic E-state index is 12.7. The number of rotatable bonds is 8. The highest BCUT2D eigenvalue weighted by molar-refractivity contribution is 9.10. The Hall–Kier alpha value is -1.28. The van der Waals surface area contributed by atoms with Crippen molar-refractivity contribution in [3.63, 3.8) is 0 Å². The molecule has 9 heteroatoms. The monoisotopic (exact) mass is 494 g/mol. The summed E-state index contributed by atoms with van der Waals surface area (Å²) >= 11 is 15.3. The van der Waals surface area contributed by atoms with Crippen molar-refractivity contribution in [1.82, 2.24) is 0 Å². The third kappa shape index (κ3) is 6.38. The lowest BCUT2D eigenvalue weighted by molar-refractivity contribution is -0.134. The van der Waals surface area contributed by atoms with Crippen LogP contribution >= 0.6 is 39.1 Å². The zero-order chi connectivity index (χ0) is 20.0. The molecule has 0 heterocycles. The van der Waals surface area contributed by atoms with Crippen molar-refractivity contribution in [2.24, 2.45) is 0 Å². The molecule has 0 aliphatic heterocycles. The number of carbonyl (C=O) groups excluding carboxylic acids is 1. The molecule has 0 atom stereocenters. The molecule has 0 bridgehead atoms. The van der Waals surface area contributed by atoms with Crippen LogP contribution < -0.4 is 8.92 Å². The van der Waals surface area contributed by atoms with Crippen molar-refractivity contribution in [3.05, 3.63) is 50.9 Å². The third-order valence-corrected chi connectivity index (χ3v) is 5.74. The molecule has 0 aliphatic rings. The number of ether oxygens (including phenoxy) is 1. The molecule has 0 saturated carbocycles. The highest BCUT2D eigenvalue weighted by Crippen LogP contribution is 2.37. The van der Waals surface area contributed by atoms with Crippen LogP contribution in [0.5, 0.6) is 11.5 Å². The summed E-state index contributed by atoms with van der Waals surface area (Å²) in [5, 5.41) is -0.0203. The lowest BCUT2D eigenvalue weighted by Gasteiger charge is -2.13. The summed E-state index contributed by atoms with van der Waals surface area (Å²) in [6, 6.07) is 8.65. The summed E-state index contributed by atoms with van der Waals surface area (Å²) in [5.41, 5.74) is 0. The number of hydrogen-bond donors (Lipinski definition) is 0. The fourth-order valence-corrected chi connectivity index (χ4v) is 4.19. The van der Waals surface area contributed by atoms with Crippen LogP contribution in [0.4, 0.5) is 0 Å². The van der Waals surface area contributed by atoms with Crippen LogP contribution in [0.15, 0.2) is 45.8 Å². The van der Waals surface area contributed by atoms with Crippen LogP contribution in [0.2, 0.25) is 10.0 Å². The molecule has 0 aromatic heterocycles. The summed E-state index contributed by atoms with van der Waals surface area (Å²) in [6.45, 7) is 2.01. The molecular formula is C18H17BrCl2O5S. The average molecular weight is 496 g/mol. The highest BCUT2D eigenvalue weighted by atomic mass is 79.9. The van der Waals surface area contributed by atoms with Crippen molar-refractivity contribution >= 4 is 55.2 Å². The van der Waals surface area contributed by atoms with E-state index in [1.807, 2.05) is 6.92 Å². The van der Waals surface area contributed by atoms with E-state index in [-0.39, 0.29) is 28.0 Å². The summed E-state index contributed by atoms with van der Waals surface area (Å²) in [4.78, 5) is 11.6. The van der Waals surface area contributed by atoms with Crippen molar-refractivity contribution in [2.75, 3.05) is 0 Å². The molecule has 2 aromatic rings. The fourth-order valence-electron chi connectivity index (χ4n) is 2.17. The van der Waals surface area contributed by atoms with E-state index in [1.165, 1.54) is 18.2 Å². The molecule has 0 saturated heterocycles. The van der Waals surface area contributed by atoms with Crippen LogP contribution in [-0.4, -0.2) is 14.4 Å². The molecule has 0 N–H and O–H groups in total. The van der Waals surface area contributed by atoms with Gasteiger partial charge in [-0.05, 0) is 42.8 Å². The van der Waals surface area contributed by atoms with E-state index >= 15 is 0 Å². The predicted octanol–water partition coefficient (Wildman–Crippen LogP) is 6.01. The highest BCUT2D eigenvalue weighted by Gasteiger charge is 2.27. The summed E-state index contributed by atoms with van der Waals surface area (Å²) in [7, 11) is -4.33. The second-order valence-electron chi connectivity index (χ2n) is 5.64. The van der Waals surface area contributed by atoms with Gasteiger partial charge in [-0.2, -0.15) is 8.42 Å². The quantitative estimate of drug-likeness (QED) is 0.194. The van der Waals surface area contributed by atoms with Gasteiger partial charge in [0, 0.05) is 15.9 Å². The summed E-state index contributed by atoms with van der Waals surface area (Å²) < 4.78 is 36.5. The van der Waals surface area contributed by atoms with Gasteiger partial charge in [0.2, 0.25) is 0 Å². The van der Waals surface area contributed by atoms with E-state index < -0.39 is 21.0 Å². The van der Waals surface area contributed by atoms with E-state index in [1.54, 1.807) is 12.1 Å². The van der Waals surface area contributed by atoms with E-state index in [9.17, 15) is 13.2 Å². The van der Waals surface area contributed by atoms with Gasteiger partial charge >= 0.3 is 16.1 Å². The van der Waals surface area contributed by atoms with Crippen molar-refractivity contribution in [2.45, 2.75) is 37.5 Å². The number of carbonyl (C=O) groups is 1. The third-order valence-electron chi connectivity index (χ3n) is 3.46. The largest absolute Gasteiger partial charge is 0.423 e. The minimum atomic E-state index is -4.33. The van der Waals surface area contributed by atoms with E-state index in [4.69, 9.17) is 32.1 Å². The van der Waals surface area contributed by atoms with Gasteiger partial charge in [-0.1, -0.05) is 58.9 Å². The zero-order valence-electron chi connectivity index (χ0n) is 14.4. The minimum Gasteiger partial charge on any atom is -0.423 e. The Morgan fingerprint density at radius 2 is 1.78 bits per heavy atom. The van der Waals surface area contributed by atoms with Crippen molar-refractivity contribution in [1.29, 1.82) is 0 Å². The minimum absolute atomic E-state index is 0.0729. The summed E-state index contributed by atoms with van der Waals surface area (Å²) in [5.74, 6) is -0.776. The van der Waals surface area contributed by atoms with Gasteiger partial charge in [-0.15, -0.1) is 0 Å². The number of benzene rings is 2. The van der Waals surface area contributed by atoms with Gasteiger partial charge in [0.15, 0.2) is 10.6 Å². The number of esters is 1. The lowest BCUT2D eigenvalue weighted by Crippen LogP contribution is -2.15. The smallest absolute Gasteiger partial charge is 0.343 e. The van der Waals surface area contributed by atoms with Gasteiger partial charge in [-0.3, -0.25) is 4.79 Å². The Bertz CT molecular complexity index is 914. The molecule has 0 amide bonds. The Labute approximate surface area is 176 Å². The SMILES string of the molecule is CCCCCC(=O)Oc1c(Cl)cc(Cl)cc1S(=O)(=O)Oc1ccc(Br)cc1. The molecule has 2 aromatic carbocycles. The first-order valence-electron chi connectivity index (χ1n) is 8.12. The Balaban J connectivity index is 2.33. The number of halogens is 3. The standard InChI is InChI=1S/C18H17BrCl2O5S/c1-2-3-4-5-17(22)25-18-15(21)10-13(20)11-16(18)27(23,24)26-14-8-6-12(19)7-9-14/h6-11H,2-5H2,1H3. The first-order chi connectivity index (χ1) is 12.7. The van der Waals surface area contributed by atoms with E-state index in [2.05, 4.69) is 15.9 Å². The maximum atomic E-state index is 12.7. The second-order valence-corrected chi connectivity index (χ2v) is 8.91. The maximum Gasteiger partial charge on any atom is 0.343 e. The van der Waals surface area contributed by atoms with Gasteiger partial charge in [0.1, 0.15) is 5.75 Å². The van der Waals surface area contributed by atoms with Crippen LogP contribution in [0.25, 0.3) is 0 Å². The molecule has 2 rings (SSSR count). The van der Waals surface area contributed by atoms with Crippen LogP contribution in [0, 0.1) is 0 Å². The molecule has 0 spiro atoms. The van der Waals surface area contributed by atoms with Crippen molar-refractivity contribution < 1.29 is 22.1 Å². The van der Waals surface area contributed by atoms with Gasteiger partial charge in [-0.25, -0.2) is 0 Å². The van der Waals surface area contributed by atoms with Crippen LogP contribution in [0.1, 0.15) is 32.6 Å².